The molecule has 1 aromatic heterocycles. The Balaban J connectivity index is 2.10. The van der Waals surface area contributed by atoms with Crippen molar-refractivity contribution in [3.8, 4) is 0 Å². The molecule has 0 aliphatic heterocycles. The summed E-state index contributed by atoms with van der Waals surface area (Å²) in [7, 11) is 0. The zero-order valence-electron chi connectivity index (χ0n) is 8.64. The average Bonchev–Trinajstić information content (AvgIpc) is 2.58. The second kappa shape index (κ2) is 4.26. The van der Waals surface area contributed by atoms with Crippen molar-refractivity contribution in [2.75, 3.05) is 0 Å². The smallest absolute Gasteiger partial charge is 0.130 e. The molecule has 1 aromatic rings. The van der Waals surface area contributed by atoms with Gasteiger partial charge in [-0.2, -0.15) is 0 Å². The topological polar surface area (TPSA) is 17.1 Å². The summed E-state index contributed by atoms with van der Waals surface area (Å²) in [6.45, 7) is 1.68. The number of hydrogen-bond donors (Lipinski definition) is 0. The zero-order chi connectivity index (χ0) is 9.97. The fraction of sp³-hybridized carbons (Fsp3) is 0.583. The SMILES string of the molecule is CC(=O)CCc1csc2c1CCCC2. The molecule has 1 nitrogen and oxygen atoms in total. The normalized spacial score (nSPS) is 15.2. The lowest BCUT2D eigenvalue weighted by Gasteiger charge is -2.12. The quantitative estimate of drug-likeness (QED) is 0.745. The lowest BCUT2D eigenvalue weighted by atomic mass is 9.94. The van der Waals surface area contributed by atoms with Crippen LogP contribution in [0, 0.1) is 0 Å². The van der Waals surface area contributed by atoms with Gasteiger partial charge in [0.05, 0.1) is 0 Å². The van der Waals surface area contributed by atoms with Crippen LogP contribution in [0.4, 0.5) is 0 Å². The van der Waals surface area contributed by atoms with Crippen LogP contribution in [-0.4, -0.2) is 5.78 Å². The van der Waals surface area contributed by atoms with Crippen molar-refractivity contribution < 1.29 is 4.79 Å². The first-order valence-electron chi connectivity index (χ1n) is 5.35. The van der Waals surface area contributed by atoms with Crippen molar-refractivity contribution >= 4 is 17.1 Å². The molecule has 2 rings (SSSR count). The van der Waals surface area contributed by atoms with Gasteiger partial charge in [0.1, 0.15) is 5.78 Å². The zero-order valence-corrected chi connectivity index (χ0v) is 9.45. The summed E-state index contributed by atoms with van der Waals surface area (Å²) in [5, 5.41) is 2.26. The van der Waals surface area contributed by atoms with Crippen LogP contribution in [0.3, 0.4) is 0 Å². The van der Waals surface area contributed by atoms with Crippen molar-refractivity contribution in [2.24, 2.45) is 0 Å². The van der Waals surface area contributed by atoms with Gasteiger partial charge >= 0.3 is 0 Å². The second-order valence-corrected chi connectivity index (χ2v) is 5.04. The molecule has 0 atom stereocenters. The fourth-order valence-electron chi connectivity index (χ4n) is 2.08. The van der Waals surface area contributed by atoms with Gasteiger partial charge in [0.25, 0.3) is 0 Å². The van der Waals surface area contributed by atoms with Crippen LogP contribution in [0.15, 0.2) is 5.38 Å². The number of Topliss-reactive ketones (excluding diaryl/α,β-unsaturated/α-hetero) is 1. The Bertz CT molecular complexity index is 338. The highest BCUT2D eigenvalue weighted by atomic mass is 32.1. The molecule has 0 saturated heterocycles. The van der Waals surface area contributed by atoms with E-state index >= 15 is 0 Å². The average molecular weight is 208 g/mol. The molecule has 0 spiro atoms. The van der Waals surface area contributed by atoms with E-state index in [4.69, 9.17) is 0 Å². The predicted octanol–water partition coefficient (Wildman–Crippen LogP) is 3.15. The molecular weight excluding hydrogens is 192 g/mol. The minimum Gasteiger partial charge on any atom is -0.300 e. The first kappa shape index (κ1) is 9.91. The second-order valence-electron chi connectivity index (χ2n) is 4.07. The molecule has 1 heterocycles. The van der Waals surface area contributed by atoms with Gasteiger partial charge in [0.2, 0.25) is 0 Å². The highest BCUT2D eigenvalue weighted by Gasteiger charge is 2.15. The van der Waals surface area contributed by atoms with Gasteiger partial charge in [-0.1, -0.05) is 0 Å². The van der Waals surface area contributed by atoms with Crippen molar-refractivity contribution in [3.05, 3.63) is 21.4 Å². The van der Waals surface area contributed by atoms with Crippen molar-refractivity contribution in [1.29, 1.82) is 0 Å². The number of carbonyl (C=O) groups is 1. The Hall–Kier alpha value is -0.630. The van der Waals surface area contributed by atoms with E-state index in [1.807, 2.05) is 11.3 Å². The molecule has 0 bridgehead atoms. The van der Waals surface area contributed by atoms with Crippen LogP contribution in [0.2, 0.25) is 0 Å². The van der Waals surface area contributed by atoms with E-state index in [-0.39, 0.29) is 0 Å². The van der Waals surface area contributed by atoms with E-state index < -0.39 is 0 Å². The van der Waals surface area contributed by atoms with Crippen LogP contribution >= 0.6 is 11.3 Å². The summed E-state index contributed by atoms with van der Waals surface area (Å²) in [6, 6.07) is 0. The highest BCUT2D eigenvalue weighted by molar-refractivity contribution is 7.10. The van der Waals surface area contributed by atoms with Gasteiger partial charge in [-0.3, -0.25) is 0 Å². The van der Waals surface area contributed by atoms with Crippen LogP contribution in [-0.2, 0) is 24.1 Å². The fourth-order valence-corrected chi connectivity index (χ4v) is 3.26. The van der Waals surface area contributed by atoms with Crippen LogP contribution in [0.25, 0.3) is 0 Å². The number of fused-ring (bicyclic) bond motifs is 1. The molecule has 0 fully saturated rings. The van der Waals surface area contributed by atoms with E-state index in [0.29, 0.717) is 12.2 Å². The highest BCUT2D eigenvalue weighted by Crippen LogP contribution is 2.30. The molecule has 1 aliphatic carbocycles. The Labute approximate surface area is 89.1 Å². The minimum atomic E-state index is 0.306. The Morgan fingerprint density at radius 2 is 2.21 bits per heavy atom. The van der Waals surface area contributed by atoms with E-state index in [0.717, 1.165) is 6.42 Å². The molecule has 0 radical (unpaired) electrons. The van der Waals surface area contributed by atoms with Gasteiger partial charge in [-0.25, -0.2) is 0 Å². The summed E-state index contributed by atoms with van der Waals surface area (Å²) in [4.78, 5) is 12.5. The molecule has 0 amide bonds. The standard InChI is InChI=1S/C12H16OS/c1-9(13)6-7-10-8-14-12-5-3-2-4-11(10)12/h8H,2-7H2,1H3. The lowest BCUT2D eigenvalue weighted by Crippen LogP contribution is -2.02. The summed E-state index contributed by atoms with van der Waals surface area (Å²) in [5.41, 5.74) is 3.02. The lowest BCUT2D eigenvalue weighted by molar-refractivity contribution is -0.116. The van der Waals surface area contributed by atoms with Crippen LogP contribution < -0.4 is 0 Å². The maximum atomic E-state index is 10.9. The molecule has 0 unspecified atom stereocenters. The predicted molar refractivity (Wildman–Crippen MR) is 60.0 cm³/mol. The molecular formula is C12H16OS. The molecule has 14 heavy (non-hydrogen) atoms. The van der Waals surface area contributed by atoms with Gasteiger partial charge in [0, 0.05) is 11.3 Å². The van der Waals surface area contributed by atoms with Crippen LogP contribution in [0.5, 0.6) is 0 Å². The molecule has 76 valence electrons. The van der Waals surface area contributed by atoms with Gasteiger partial charge in [-0.05, 0) is 55.5 Å². The summed E-state index contributed by atoms with van der Waals surface area (Å²) in [5.74, 6) is 0.306. The number of carbonyl (C=O) groups excluding carboxylic acids is 1. The van der Waals surface area contributed by atoms with Gasteiger partial charge < -0.3 is 4.79 Å². The monoisotopic (exact) mass is 208 g/mol. The van der Waals surface area contributed by atoms with E-state index in [1.165, 1.54) is 31.2 Å². The Morgan fingerprint density at radius 1 is 1.43 bits per heavy atom. The Morgan fingerprint density at radius 3 is 3.00 bits per heavy atom. The molecule has 0 saturated carbocycles. The van der Waals surface area contributed by atoms with Crippen molar-refractivity contribution in [2.45, 2.75) is 45.4 Å². The summed E-state index contributed by atoms with van der Waals surface area (Å²) in [6.07, 6.45) is 6.85. The first-order chi connectivity index (χ1) is 6.77. The number of hydrogen-bond acceptors (Lipinski definition) is 2. The van der Waals surface area contributed by atoms with Gasteiger partial charge in [0.15, 0.2) is 0 Å². The molecule has 0 aromatic carbocycles. The number of aryl methyl sites for hydroxylation is 2. The third-order valence-corrected chi connectivity index (χ3v) is 4.03. The largest absolute Gasteiger partial charge is 0.300 e. The maximum Gasteiger partial charge on any atom is 0.130 e. The summed E-state index contributed by atoms with van der Waals surface area (Å²) < 4.78 is 0. The first-order valence-corrected chi connectivity index (χ1v) is 6.23. The van der Waals surface area contributed by atoms with E-state index in [9.17, 15) is 4.79 Å². The number of ketones is 1. The van der Waals surface area contributed by atoms with Gasteiger partial charge in [-0.15, -0.1) is 11.3 Å². The van der Waals surface area contributed by atoms with Crippen molar-refractivity contribution in [1.82, 2.24) is 0 Å². The van der Waals surface area contributed by atoms with E-state index in [2.05, 4.69) is 5.38 Å². The summed E-state index contributed by atoms with van der Waals surface area (Å²) >= 11 is 1.89. The number of rotatable bonds is 3. The third kappa shape index (κ3) is 2.06. The minimum absolute atomic E-state index is 0.306. The molecule has 1 aliphatic rings. The number of thiophene rings is 1. The molecule has 2 heteroatoms. The van der Waals surface area contributed by atoms with Crippen LogP contribution in [0.1, 0.15) is 42.2 Å². The van der Waals surface area contributed by atoms with E-state index in [1.54, 1.807) is 17.4 Å². The maximum absolute atomic E-state index is 10.9. The third-order valence-electron chi connectivity index (χ3n) is 2.89. The Kier molecular flexibility index (Phi) is 3.02. The molecule has 0 N–H and O–H groups in total. The van der Waals surface area contributed by atoms with Crippen molar-refractivity contribution in [3.63, 3.8) is 0 Å².